The summed E-state index contributed by atoms with van der Waals surface area (Å²) in [4.78, 5) is 0. The Hall–Kier alpha value is -0.200. The SMILES string of the molecule is CC1(C)OC2CCOC(CN)C2O1.CO. The summed E-state index contributed by atoms with van der Waals surface area (Å²) in [7, 11) is 1.00. The summed E-state index contributed by atoms with van der Waals surface area (Å²) in [5.74, 6) is -0.476. The van der Waals surface area contributed by atoms with Gasteiger partial charge in [0.05, 0.1) is 12.2 Å². The van der Waals surface area contributed by atoms with E-state index in [1.54, 1.807) is 0 Å². The summed E-state index contributed by atoms with van der Waals surface area (Å²) in [6.45, 7) is 5.08. The highest BCUT2D eigenvalue weighted by atomic mass is 16.8. The van der Waals surface area contributed by atoms with Gasteiger partial charge < -0.3 is 25.1 Å². The Labute approximate surface area is 90.5 Å². The van der Waals surface area contributed by atoms with Crippen LogP contribution >= 0.6 is 0 Å². The van der Waals surface area contributed by atoms with Crippen molar-refractivity contribution in [1.29, 1.82) is 0 Å². The van der Waals surface area contributed by atoms with Gasteiger partial charge in [-0.15, -0.1) is 0 Å². The lowest BCUT2D eigenvalue weighted by Crippen LogP contribution is -2.46. The summed E-state index contributed by atoms with van der Waals surface area (Å²) in [6.07, 6.45) is 1.09. The van der Waals surface area contributed by atoms with E-state index in [0.29, 0.717) is 6.54 Å². The monoisotopic (exact) mass is 219 g/mol. The van der Waals surface area contributed by atoms with Gasteiger partial charge in [0.25, 0.3) is 0 Å². The minimum Gasteiger partial charge on any atom is -0.400 e. The maximum Gasteiger partial charge on any atom is 0.163 e. The molecule has 2 rings (SSSR count). The first-order valence-corrected chi connectivity index (χ1v) is 5.24. The molecule has 2 saturated heterocycles. The van der Waals surface area contributed by atoms with Crippen LogP contribution in [-0.4, -0.2) is 49.5 Å². The quantitative estimate of drug-likeness (QED) is 0.642. The molecule has 0 radical (unpaired) electrons. The Morgan fingerprint density at radius 1 is 1.33 bits per heavy atom. The van der Waals surface area contributed by atoms with E-state index in [2.05, 4.69) is 0 Å². The minimum atomic E-state index is -0.476. The molecule has 0 aromatic heterocycles. The van der Waals surface area contributed by atoms with E-state index in [-0.39, 0.29) is 18.3 Å². The van der Waals surface area contributed by atoms with E-state index >= 15 is 0 Å². The Bertz CT molecular complexity index is 198. The molecule has 2 aliphatic heterocycles. The predicted molar refractivity (Wildman–Crippen MR) is 55.4 cm³/mol. The third-order valence-electron chi connectivity index (χ3n) is 2.55. The van der Waals surface area contributed by atoms with Crippen molar-refractivity contribution in [2.24, 2.45) is 5.73 Å². The van der Waals surface area contributed by atoms with Gasteiger partial charge in [-0.05, 0) is 20.3 Å². The van der Waals surface area contributed by atoms with Crippen LogP contribution in [0, 0.1) is 0 Å². The normalized spacial score (nSPS) is 37.8. The van der Waals surface area contributed by atoms with Crippen LogP contribution in [0.3, 0.4) is 0 Å². The molecule has 3 unspecified atom stereocenters. The van der Waals surface area contributed by atoms with E-state index in [1.165, 1.54) is 0 Å². The van der Waals surface area contributed by atoms with E-state index in [9.17, 15) is 0 Å². The van der Waals surface area contributed by atoms with Gasteiger partial charge in [-0.1, -0.05) is 0 Å². The van der Waals surface area contributed by atoms with Crippen LogP contribution in [0.2, 0.25) is 0 Å². The Balaban J connectivity index is 0.000000531. The van der Waals surface area contributed by atoms with Gasteiger partial charge >= 0.3 is 0 Å². The fraction of sp³-hybridized carbons (Fsp3) is 1.00. The number of hydrogen-bond donors (Lipinski definition) is 2. The molecule has 15 heavy (non-hydrogen) atoms. The van der Waals surface area contributed by atoms with Gasteiger partial charge in [0.1, 0.15) is 6.10 Å². The summed E-state index contributed by atoms with van der Waals surface area (Å²) in [5.41, 5.74) is 5.59. The van der Waals surface area contributed by atoms with Crippen molar-refractivity contribution in [3.63, 3.8) is 0 Å². The molecule has 2 heterocycles. The summed E-state index contributed by atoms with van der Waals surface area (Å²) >= 11 is 0. The molecule has 0 aliphatic carbocycles. The van der Waals surface area contributed by atoms with Crippen LogP contribution in [-0.2, 0) is 14.2 Å². The Morgan fingerprint density at radius 2 is 2.00 bits per heavy atom. The lowest BCUT2D eigenvalue weighted by Gasteiger charge is -2.30. The van der Waals surface area contributed by atoms with Crippen LogP contribution in [0.15, 0.2) is 0 Å². The van der Waals surface area contributed by atoms with E-state index in [4.69, 9.17) is 25.1 Å². The standard InChI is InChI=1S/C9H17NO3.CH4O/c1-9(2)12-6-3-4-11-7(5-10)8(6)13-9;1-2/h6-8H,3-5,10H2,1-2H3;2H,1H3. The summed E-state index contributed by atoms with van der Waals surface area (Å²) in [6, 6.07) is 0. The van der Waals surface area contributed by atoms with Crippen molar-refractivity contribution < 1.29 is 19.3 Å². The van der Waals surface area contributed by atoms with Gasteiger partial charge in [-0.2, -0.15) is 0 Å². The average molecular weight is 219 g/mol. The lowest BCUT2D eigenvalue weighted by atomic mass is 10.0. The smallest absolute Gasteiger partial charge is 0.163 e. The van der Waals surface area contributed by atoms with Crippen molar-refractivity contribution in [2.75, 3.05) is 20.3 Å². The van der Waals surface area contributed by atoms with Gasteiger partial charge in [-0.3, -0.25) is 0 Å². The second kappa shape index (κ2) is 5.23. The zero-order valence-corrected chi connectivity index (χ0v) is 9.60. The molecule has 0 bridgehead atoms. The highest BCUT2D eigenvalue weighted by Gasteiger charge is 2.46. The predicted octanol–water partition coefficient (Wildman–Crippen LogP) is -0.137. The molecule has 3 N–H and O–H groups in total. The summed E-state index contributed by atoms with van der Waals surface area (Å²) in [5, 5.41) is 7.00. The van der Waals surface area contributed by atoms with E-state index in [1.807, 2.05) is 13.8 Å². The van der Waals surface area contributed by atoms with Crippen LogP contribution in [0.25, 0.3) is 0 Å². The fourth-order valence-electron chi connectivity index (χ4n) is 2.03. The summed E-state index contributed by atoms with van der Waals surface area (Å²) < 4.78 is 17.0. The van der Waals surface area contributed by atoms with Crippen molar-refractivity contribution in [3.05, 3.63) is 0 Å². The second-order valence-electron chi connectivity index (χ2n) is 4.07. The highest BCUT2D eigenvalue weighted by Crippen LogP contribution is 2.34. The van der Waals surface area contributed by atoms with Gasteiger partial charge in [0.15, 0.2) is 5.79 Å². The molecule has 90 valence electrons. The number of rotatable bonds is 1. The van der Waals surface area contributed by atoms with Crippen molar-refractivity contribution in [3.8, 4) is 0 Å². The zero-order chi connectivity index (χ0) is 11.5. The minimum absolute atomic E-state index is 0.000486. The molecule has 3 atom stereocenters. The molecule has 2 aliphatic rings. The largest absolute Gasteiger partial charge is 0.400 e. The van der Waals surface area contributed by atoms with Crippen molar-refractivity contribution >= 4 is 0 Å². The van der Waals surface area contributed by atoms with Crippen molar-refractivity contribution in [2.45, 2.75) is 44.4 Å². The molecule has 5 heteroatoms. The van der Waals surface area contributed by atoms with Crippen LogP contribution in [0.1, 0.15) is 20.3 Å². The molecular weight excluding hydrogens is 198 g/mol. The molecule has 0 aromatic rings. The second-order valence-corrected chi connectivity index (χ2v) is 4.07. The molecule has 0 saturated carbocycles. The Kier molecular flexibility index (Phi) is 4.48. The van der Waals surface area contributed by atoms with Gasteiger partial charge in [-0.25, -0.2) is 0 Å². The molecule has 0 amide bonds. The first-order chi connectivity index (χ1) is 7.12. The third kappa shape index (κ3) is 2.89. The van der Waals surface area contributed by atoms with E-state index in [0.717, 1.165) is 20.1 Å². The molecule has 5 nitrogen and oxygen atoms in total. The van der Waals surface area contributed by atoms with Gasteiger partial charge in [0, 0.05) is 20.3 Å². The number of hydrogen-bond acceptors (Lipinski definition) is 5. The maximum atomic E-state index is 7.00. The Morgan fingerprint density at radius 3 is 2.60 bits per heavy atom. The number of nitrogens with two attached hydrogens (primary N) is 1. The van der Waals surface area contributed by atoms with Crippen LogP contribution < -0.4 is 5.73 Å². The topological polar surface area (TPSA) is 73.9 Å². The molecule has 2 fully saturated rings. The first-order valence-electron chi connectivity index (χ1n) is 5.24. The molecule has 0 aromatic carbocycles. The molecule has 0 spiro atoms. The average Bonchev–Trinajstić information content (AvgIpc) is 2.54. The van der Waals surface area contributed by atoms with E-state index < -0.39 is 5.79 Å². The highest BCUT2D eigenvalue weighted by molar-refractivity contribution is 4.90. The lowest BCUT2D eigenvalue weighted by molar-refractivity contribution is -0.152. The van der Waals surface area contributed by atoms with Crippen LogP contribution in [0.5, 0.6) is 0 Å². The van der Waals surface area contributed by atoms with Gasteiger partial charge in [0.2, 0.25) is 0 Å². The number of aliphatic hydroxyl groups excluding tert-OH is 1. The zero-order valence-electron chi connectivity index (χ0n) is 9.60. The number of ether oxygens (including phenoxy) is 3. The van der Waals surface area contributed by atoms with Crippen molar-refractivity contribution in [1.82, 2.24) is 0 Å². The number of fused-ring (bicyclic) bond motifs is 1. The fourth-order valence-corrected chi connectivity index (χ4v) is 2.03. The molecular formula is C10H21NO4. The third-order valence-corrected chi connectivity index (χ3v) is 2.55. The maximum absolute atomic E-state index is 7.00. The number of aliphatic hydroxyl groups is 1. The van der Waals surface area contributed by atoms with Crippen LogP contribution in [0.4, 0.5) is 0 Å². The first kappa shape index (κ1) is 12.9.